The molecule has 0 unspecified atom stereocenters. The first kappa shape index (κ1) is 11.4. The van der Waals surface area contributed by atoms with Gasteiger partial charge < -0.3 is 5.73 Å². The van der Waals surface area contributed by atoms with Crippen LogP contribution in [0.3, 0.4) is 0 Å². The number of aromatic nitrogens is 1. The first-order chi connectivity index (χ1) is 9.83. The van der Waals surface area contributed by atoms with Gasteiger partial charge in [-0.2, -0.15) is 4.37 Å². The van der Waals surface area contributed by atoms with Crippen LogP contribution in [0.5, 0.6) is 0 Å². The molecule has 2 N–H and O–H groups in total. The Hall–Kier alpha value is -2.39. The number of nitrogen functional groups attached to an aromatic ring is 1. The zero-order valence-corrected chi connectivity index (χ0v) is 11.5. The molecule has 0 bridgehead atoms. The molecular formula is C17H12N2S. The largest absolute Gasteiger partial charge is 0.389 e. The summed E-state index contributed by atoms with van der Waals surface area (Å²) < 4.78 is 4.50. The molecule has 0 atom stereocenters. The number of benzene rings is 3. The molecule has 0 saturated carbocycles. The van der Waals surface area contributed by atoms with Crippen molar-refractivity contribution < 1.29 is 0 Å². The minimum Gasteiger partial charge on any atom is -0.389 e. The van der Waals surface area contributed by atoms with Gasteiger partial charge >= 0.3 is 0 Å². The summed E-state index contributed by atoms with van der Waals surface area (Å²) in [6, 6.07) is 21.0. The van der Waals surface area contributed by atoms with Gasteiger partial charge in [-0.05, 0) is 39.1 Å². The van der Waals surface area contributed by atoms with Crippen molar-refractivity contribution in [3.05, 3.63) is 60.7 Å². The minimum absolute atomic E-state index is 0.747. The maximum Gasteiger partial charge on any atom is 0.107 e. The number of fused-ring (bicyclic) bond motifs is 2. The fourth-order valence-electron chi connectivity index (χ4n) is 2.70. The van der Waals surface area contributed by atoms with Crippen molar-refractivity contribution in [3.8, 4) is 11.3 Å². The average Bonchev–Trinajstić information content (AvgIpc) is 2.91. The van der Waals surface area contributed by atoms with E-state index in [0.717, 1.165) is 10.7 Å². The molecule has 1 heterocycles. The maximum atomic E-state index is 5.86. The highest BCUT2D eigenvalue weighted by Gasteiger charge is 2.11. The van der Waals surface area contributed by atoms with Crippen molar-refractivity contribution in [3.63, 3.8) is 0 Å². The SMILES string of the molecule is Nc1cc(-c2c3ccccc3cc3ccccc23)ns1. The normalized spacial score (nSPS) is 11.2. The summed E-state index contributed by atoms with van der Waals surface area (Å²) in [5, 5.41) is 5.64. The van der Waals surface area contributed by atoms with Gasteiger partial charge in [0, 0.05) is 11.6 Å². The van der Waals surface area contributed by atoms with Gasteiger partial charge in [0.1, 0.15) is 5.00 Å². The summed E-state index contributed by atoms with van der Waals surface area (Å²) in [6.45, 7) is 0. The molecule has 3 aromatic carbocycles. The van der Waals surface area contributed by atoms with Crippen molar-refractivity contribution in [2.24, 2.45) is 0 Å². The first-order valence-electron chi connectivity index (χ1n) is 6.46. The van der Waals surface area contributed by atoms with E-state index in [-0.39, 0.29) is 0 Å². The lowest BCUT2D eigenvalue weighted by Gasteiger charge is -2.09. The van der Waals surface area contributed by atoms with Gasteiger partial charge in [0.05, 0.1) is 5.69 Å². The Bertz CT molecular complexity index is 870. The van der Waals surface area contributed by atoms with Gasteiger partial charge in [0.2, 0.25) is 0 Å². The molecule has 0 aliphatic carbocycles. The van der Waals surface area contributed by atoms with E-state index in [4.69, 9.17) is 5.73 Å². The Morgan fingerprint density at radius 1 is 0.800 bits per heavy atom. The van der Waals surface area contributed by atoms with Gasteiger partial charge in [-0.25, -0.2) is 0 Å². The van der Waals surface area contributed by atoms with Gasteiger partial charge in [-0.15, -0.1) is 0 Å². The molecule has 20 heavy (non-hydrogen) atoms. The van der Waals surface area contributed by atoms with Gasteiger partial charge in [-0.3, -0.25) is 0 Å². The topological polar surface area (TPSA) is 38.9 Å². The molecule has 0 spiro atoms. The summed E-state index contributed by atoms with van der Waals surface area (Å²) in [5.41, 5.74) is 7.99. The first-order valence-corrected chi connectivity index (χ1v) is 7.23. The van der Waals surface area contributed by atoms with Crippen molar-refractivity contribution >= 4 is 38.1 Å². The Labute approximate surface area is 120 Å². The highest BCUT2D eigenvalue weighted by molar-refractivity contribution is 7.10. The third-order valence-corrected chi connectivity index (χ3v) is 4.17. The fourth-order valence-corrected chi connectivity index (χ4v) is 3.21. The third-order valence-electron chi connectivity index (χ3n) is 3.56. The Balaban J connectivity index is 2.23. The number of rotatable bonds is 1. The van der Waals surface area contributed by atoms with Crippen LogP contribution < -0.4 is 5.73 Å². The van der Waals surface area contributed by atoms with E-state index >= 15 is 0 Å². The number of hydrogen-bond acceptors (Lipinski definition) is 3. The molecule has 0 aliphatic heterocycles. The van der Waals surface area contributed by atoms with Crippen molar-refractivity contribution in [1.82, 2.24) is 4.37 Å². The molecule has 1 aromatic heterocycles. The highest BCUT2D eigenvalue weighted by atomic mass is 32.1. The number of hydrogen-bond donors (Lipinski definition) is 1. The molecule has 3 heteroatoms. The van der Waals surface area contributed by atoms with Crippen LogP contribution in [0, 0.1) is 0 Å². The van der Waals surface area contributed by atoms with Crippen LogP contribution in [0.2, 0.25) is 0 Å². The summed E-state index contributed by atoms with van der Waals surface area (Å²) in [5.74, 6) is 0. The standard InChI is InChI=1S/C17H12N2S/c18-16-10-15(19-20-16)17-13-7-3-1-5-11(13)9-12-6-2-4-8-14(12)17/h1-10H,18H2. The van der Waals surface area contributed by atoms with Crippen molar-refractivity contribution in [2.45, 2.75) is 0 Å². The van der Waals surface area contributed by atoms with E-state index < -0.39 is 0 Å². The van der Waals surface area contributed by atoms with Crippen LogP contribution in [0.4, 0.5) is 5.00 Å². The fraction of sp³-hybridized carbons (Fsp3) is 0. The maximum absolute atomic E-state index is 5.86. The second-order valence-electron chi connectivity index (χ2n) is 4.81. The average molecular weight is 276 g/mol. The smallest absolute Gasteiger partial charge is 0.107 e. The second-order valence-corrected chi connectivity index (χ2v) is 5.64. The molecule has 4 aromatic rings. The van der Waals surface area contributed by atoms with Gasteiger partial charge in [0.15, 0.2) is 0 Å². The van der Waals surface area contributed by atoms with Crippen molar-refractivity contribution in [1.29, 1.82) is 0 Å². The van der Waals surface area contributed by atoms with E-state index in [1.165, 1.54) is 38.6 Å². The van der Waals surface area contributed by atoms with E-state index in [1.807, 2.05) is 6.07 Å². The summed E-state index contributed by atoms with van der Waals surface area (Å²) in [4.78, 5) is 0. The lowest BCUT2D eigenvalue weighted by atomic mass is 9.95. The van der Waals surface area contributed by atoms with Crippen molar-refractivity contribution in [2.75, 3.05) is 5.73 Å². The Kier molecular flexibility index (Phi) is 2.47. The molecule has 0 saturated heterocycles. The monoisotopic (exact) mass is 276 g/mol. The second kappa shape index (κ2) is 4.32. The van der Waals surface area contributed by atoms with Crippen LogP contribution in [-0.2, 0) is 0 Å². The molecule has 0 amide bonds. The van der Waals surface area contributed by atoms with Crippen LogP contribution in [0.15, 0.2) is 60.7 Å². The van der Waals surface area contributed by atoms with Gasteiger partial charge in [-0.1, -0.05) is 48.5 Å². The van der Waals surface area contributed by atoms with E-state index in [9.17, 15) is 0 Å². The van der Waals surface area contributed by atoms with E-state index in [2.05, 4.69) is 59.0 Å². The van der Waals surface area contributed by atoms with E-state index in [1.54, 1.807) is 0 Å². The molecule has 4 rings (SSSR count). The molecule has 0 radical (unpaired) electrons. The lowest BCUT2D eigenvalue weighted by Crippen LogP contribution is -1.85. The highest BCUT2D eigenvalue weighted by Crippen LogP contribution is 2.36. The zero-order valence-electron chi connectivity index (χ0n) is 10.7. The molecule has 0 fully saturated rings. The number of nitrogens with two attached hydrogens (primary N) is 1. The minimum atomic E-state index is 0.747. The molecular weight excluding hydrogens is 264 g/mol. The molecule has 96 valence electrons. The summed E-state index contributed by atoms with van der Waals surface area (Å²) in [6.07, 6.45) is 0. The summed E-state index contributed by atoms with van der Waals surface area (Å²) >= 11 is 1.34. The van der Waals surface area contributed by atoms with Crippen LogP contribution in [0.25, 0.3) is 32.8 Å². The lowest BCUT2D eigenvalue weighted by molar-refractivity contribution is 1.56. The molecule has 2 nitrogen and oxygen atoms in total. The van der Waals surface area contributed by atoms with Crippen LogP contribution in [0.1, 0.15) is 0 Å². The predicted molar refractivity (Wildman–Crippen MR) is 87.0 cm³/mol. The Morgan fingerprint density at radius 2 is 1.40 bits per heavy atom. The van der Waals surface area contributed by atoms with Crippen LogP contribution in [-0.4, -0.2) is 4.37 Å². The summed E-state index contributed by atoms with van der Waals surface area (Å²) in [7, 11) is 0. The predicted octanol–water partition coefficient (Wildman–Crippen LogP) is 4.70. The Morgan fingerprint density at radius 3 is 1.95 bits per heavy atom. The van der Waals surface area contributed by atoms with Crippen LogP contribution >= 0.6 is 11.5 Å². The quantitative estimate of drug-likeness (QED) is 0.512. The third kappa shape index (κ3) is 1.67. The molecule has 0 aliphatic rings. The number of nitrogens with zero attached hydrogens (tertiary/aromatic N) is 1. The van der Waals surface area contributed by atoms with Gasteiger partial charge in [0.25, 0.3) is 0 Å². The van der Waals surface area contributed by atoms with E-state index in [0.29, 0.717) is 0 Å². The number of anilines is 1. The zero-order chi connectivity index (χ0) is 13.5.